The highest BCUT2D eigenvalue weighted by molar-refractivity contribution is 5.71. The van der Waals surface area contributed by atoms with Crippen molar-refractivity contribution in [1.29, 1.82) is 0 Å². The Morgan fingerprint density at radius 1 is 1.44 bits per heavy atom. The number of nitrogen functional groups attached to an aromatic ring is 1. The fourth-order valence-corrected chi connectivity index (χ4v) is 2.70. The highest BCUT2D eigenvalue weighted by atomic mass is 16.3. The highest BCUT2D eigenvalue weighted by Crippen LogP contribution is 2.32. The lowest BCUT2D eigenvalue weighted by atomic mass is 10.1. The number of aryl methyl sites for hydroxylation is 1. The molecule has 0 spiro atoms. The van der Waals surface area contributed by atoms with Crippen LogP contribution in [-0.2, 0) is 0 Å². The molecule has 1 aromatic carbocycles. The summed E-state index contributed by atoms with van der Waals surface area (Å²) in [4.78, 5) is 4.40. The predicted molar refractivity (Wildman–Crippen MR) is 75.9 cm³/mol. The van der Waals surface area contributed by atoms with E-state index in [1.54, 1.807) is 0 Å². The van der Waals surface area contributed by atoms with Crippen molar-refractivity contribution < 1.29 is 5.11 Å². The van der Waals surface area contributed by atoms with E-state index in [0.29, 0.717) is 12.6 Å². The number of nitrogens with two attached hydrogens (primary N) is 1. The molecule has 1 heterocycles. The maximum atomic E-state index is 9.90. The van der Waals surface area contributed by atoms with Gasteiger partial charge in [-0.25, -0.2) is 0 Å². The Labute approximate surface area is 109 Å². The van der Waals surface area contributed by atoms with Crippen molar-refractivity contribution in [2.24, 2.45) is 0 Å². The maximum Gasteiger partial charge on any atom is 0.0735 e. The fraction of sp³-hybridized carbons (Fsp3) is 0.571. The number of hydrogen-bond donors (Lipinski definition) is 2. The van der Waals surface area contributed by atoms with Gasteiger partial charge in [0.25, 0.3) is 0 Å². The van der Waals surface area contributed by atoms with Gasteiger partial charge < -0.3 is 20.6 Å². The molecule has 1 saturated heterocycles. The first-order valence-electron chi connectivity index (χ1n) is 6.43. The van der Waals surface area contributed by atoms with E-state index in [2.05, 4.69) is 23.9 Å². The number of anilines is 2. The van der Waals surface area contributed by atoms with Crippen molar-refractivity contribution in [3.63, 3.8) is 0 Å². The van der Waals surface area contributed by atoms with Crippen LogP contribution in [0.25, 0.3) is 0 Å². The summed E-state index contributed by atoms with van der Waals surface area (Å²) in [6, 6.07) is 6.42. The minimum Gasteiger partial charge on any atom is -0.397 e. The standard InChI is InChI=1S/C14H23N3O/c1-10-5-4-6-13(14(10)15)17-9-12(18)7-11(17)8-16(2)3/h4-6,11-12,18H,7-9,15H2,1-3H3. The Balaban J connectivity index is 2.27. The zero-order valence-corrected chi connectivity index (χ0v) is 11.4. The van der Waals surface area contributed by atoms with E-state index >= 15 is 0 Å². The number of β-amino-alcohol motifs (C(OH)–C–C–N with tert-alkyl or cyclic N) is 1. The Morgan fingerprint density at radius 3 is 2.83 bits per heavy atom. The van der Waals surface area contributed by atoms with Gasteiger partial charge in [0.2, 0.25) is 0 Å². The van der Waals surface area contributed by atoms with Crippen molar-refractivity contribution in [3.8, 4) is 0 Å². The lowest BCUT2D eigenvalue weighted by molar-refractivity contribution is 0.191. The molecule has 2 unspecified atom stereocenters. The molecule has 0 amide bonds. The van der Waals surface area contributed by atoms with Crippen LogP contribution >= 0.6 is 0 Å². The van der Waals surface area contributed by atoms with Crippen LogP contribution in [0.3, 0.4) is 0 Å². The summed E-state index contributed by atoms with van der Waals surface area (Å²) in [5.74, 6) is 0. The Hall–Kier alpha value is -1.26. The molecule has 4 heteroatoms. The molecule has 1 aromatic rings. The summed E-state index contributed by atoms with van der Waals surface area (Å²) in [5, 5.41) is 9.90. The van der Waals surface area contributed by atoms with E-state index in [0.717, 1.165) is 29.9 Å². The second-order valence-electron chi connectivity index (χ2n) is 5.47. The van der Waals surface area contributed by atoms with Crippen molar-refractivity contribution in [1.82, 2.24) is 4.90 Å². The van der Waals surface area contributed by atoms with Gasteiger partial charge in [0.05, 0.1) is 17.5 Å². The molecule has 18 heavy (non-hydrogen) atoms. The zero-order valence-electron chi connectivity index (χ0n) is 11.4. The van der Waals surface area contributed by atoms with Gasteiger partial charge in [0.1, 0.15) is 0 Å². The van der Waals surface area contributed by atoms with Crippen LogP contribution in [0.1, 0.15) is 12.0 Å². The van der Waals surface area contributed by atoms with Crippen LogP contribution in [0.2, 0.25) is 0 Å². The molecule has 1 aliphatic rings. The number of aliphatic hydroxyl groups is 1. The van der Waals surface area contributed by atoms with Gasteiger partial charge >= 0.3 is 0 Å². The molecule has 100 valence electrons. The largest absolute Gasteiger partial charge is 0.397 e. The summed E-state index contributed by atoms with van der Waals surface area (Å²) in [7, 11) is 4.12. The molecule has 0 aromatic heterocycles. The van der Waals surface area contributed by atoms with Crippen LogP contribution in [0.5, 0.6) is 0 Å². The van der Waals surface area contributed by atoms with Gasteiger partial charge in [-0.1, -0.05) is 12.1 Å². The third-order valence-electron chi connectivity index (χ3n) is 3.58. The zero-order chi connectivity index (χ0) is 13.3. The summed E-state index contributed by atoms with van der Waals surface area (Å²) in [6.07, 6.45) is 0.556. The van der Waals surface area contributed by atoms with Gasteiger partial charge in [-0.3, -0.25) is 0 Å². The summed E-state index contributed by atoms with van der Waals surface area (Å²) in [5.41, 5.74) is 9.14. The van der Waals surface area contributed by atoms with Crippen LogP contribution in [0.4, 0.5) is 11.4 Å². The smallest absolute Gasteiger partial charge is 0.0735 e. The van der Waals surface area contributed by atoms with Crippen LogP contribution in [-0.4, -0.2) is 49.3 Å². The van der Waals surface area contributed by atoms with Crippen molar-refractivity contribution >= 4 is 11.4 Å². The third-order valence-corrected chi connectivity index (χ3v) is 3.58. The number of aliphatic hydroxyl groups excluding tert-OH is 1. The number of likely N-dealkylation sites (N-methyl/N-ethyl adjacent to an activating group) is 1. The molecule has 1 fully saturated rings. The van der Waals surface area contributed by atoms with Gasteiger partial charge in [-0.15, -0.1) is 0 Å². The Kier molecular flexibility index (Phi) is 3.78. The number of para-hydroxylation sites is 1. The maximum absolute atomic E-state index is 9.90. The minimum absolute atomic E-state index is 0.255. The van der Waals surface area contributed by atoms with E-state index in [1.165, 1.54) is 0 Å². The molecular weight excluding hydrogens is 226 g/mol. The molecule has 1 aliphatic heterocycles. The topological polar surface area (TPSA) is 52.7 Å². The molecule has 2 atom stereocenters. The predicted octanol–water partition coefficient (Wildman–Crippen LogP) is 1.08. The second kappa shape index (κ2) is 5.16. The lowest BCUT2D eigenvalue weighted by Crippen LogP contribution is -2.38. The molecule has 0 saturated carbocycles. The van der Waals surface area contributed by atoms with Gasteiger partial charge in [-0.2, -0.15) is 0 Å². The van der Waals surface area contributed by atoms with Crippen molar-refractivity contribution in [2.75, 3.05) is 37.8 Å². The Bertz CT molecular complexity index is 420. The molecule has 4 nitrogen and oxygen atoms in total. The van der Waals surface area contributed by atoms with Gasteiger partial charge in [-0.05, 0) is 39.1 Å². The lowest BCUT2D eigenvalue weighted by Gasteiger charge is -2.30. The van der Waals surface area contributed by atoms with Crippen molar-refractivity contribution in [3.05, 3.63) is 23.8 Å². The van der Waals surface area contributed by atoms with E-state index in [9.17, 15) is 5.11 Å². The van der Waals surface area contributed by atoms with E-state index < -0.39 is 0 Å². The quantitative estimate of drug-likeness (QED) is 0.787. The minimum atomic E-state index is -0.255. The first-order chi connectivity index (χ1) is 8.49. The first kappa shape index (κ1) is 13.2. The normalized spacial score (nSPS) is 23.9. The van der Waals surface area contributed by atoms with Crippen molar-refractivity contribution in [2.45, 2.75) is 25.5 Å². The average molecular weight is 249 g/mol. The van der Waals surface area contributed by atoms with E-state index in [1.807, 2.05) is 25.1 Å². The molecule has 0 aliphatic carbocycles. The molecule has 0 bridgehead atoms. The first-order valence-corrected chi connectivity index (χ1v) is 6.43. The van der Waals surface area contributed by atoms with Crippen LogP contribution in [0, 0.1) is 6.92 Å². The summed E-state index contributed by atoms with van der Waals surface area (Å²) < 4.78 is 0. The van der Waals surface area contributed by atoms with Gasteiger partial charge in [0.15, 0.2) is 0 Å². The number of rotatable bonds is 3. The number of nitrogens with zero attached hydrogens (tertiary/aromatic N) is 2. The Morgan fingerprint density at radius 2 is 2.17 bits per heavy atom. The van der Waals surface area contributed by atoms with Crippen LogP contribution < -0.4 is 10.6 Å². The number of benzene rings is 1. The van der Waals surface area contributed by atoms with Gasteiger partial charge in [0, 0.05) is 19.1 Å². The fourth-order valence-electron chi connectivity index (χ4n) is 2.70. The summed E-state index contributed by atoms with van der Waals surface area (Å²) in [6.45, 7) is 3.63. The number of hydrogen-bond acceptors (Lipinski definition) is 4. The monoisotopic (exact) mass is 249 g/mol. The highest BCUT2D eigenvalue weighted by Gasteiger charge is 2.32. The summed E-state index contributed by atoms with van der Waals surface area (Å²) >= 11 is 0. The van der Waals surface area contributed by atoms with E-state index in [-0.39, 0.29) is 6.10 Å². The van der Waals surface area contributed by atoms with E-state index in [4.69, 9.17) is 5.73 Å². The SMILES string of the molecule is Cc1cccc(N2CC(O)CC2CN(C)C)c1N. The molecule has 3 N–H and O–H groups in total. The third kappa shape index (κ3) is 2.60. The van der Waals surface area contributed by atoms with Crippen LogP contribution in [0.15, 0.2) is 18.2 Å². The molecular formula is C14H23N3O. The average Bonchev–Trinajstić information content (AvgIpc) is 2.62. The molecule has 2 rings (SSSR count). The second-order valence-corrected chi connectivity index (χ2v) is 5.47. The molecule has 0 radical (unpaired) electrons.